The van der Waals surface area contributed by atoms with Crippen LogP contribution in [0, 0.1) is 11.8 Å². The van der Waals surface area contributed by atoms with Crippen molar-refractivity contribution >= 4 is 11.9 Å². The van der Waals surface area contributed by atoms with Crippen molar-refractivity contribution in [1.29, 1.82) is 0 Å². The first-order valence-electron chi connectivity index (χ1n) is 9.13. The number of amides is 1. The Morgan fingerprint density at radius 3 is 2.44 bits per heavy atom. The van der Waals surface area contributed by atoms with Crippen molar-refractivity contribution in [2.24, 2.45) is 11.8 Å². The minimum atomic E-state index is -0.999. The number of hydrogen-bond acceptors (Lipinski definition) is 3. The number of rotatable bonds is 8. The van der Waals surface area contributed by atoms with Crippen molar-refractivity contribution in [2.45, 2.75) is 52.0 Å². The second-order valence-electron chi connectivity index (χ2n) is 7.16. The molecule has 138 valence electrons. The third kappa shape index (κ3) is 6.40. The molecule has 1 N–H and O–H groups in total. The largest absolute Gasteiger partial charge is 0.482 e. The Morgan fingerprint density at radius 1 is 1.20 bits per heavy atom. The van der Waals surface area contributed by atoms with Gasteiger partial charge in [-0.25, -0.2) is 4.79 Å². The van der Waals surface area contributed by atoms with Crippen LogP contribution in [-0.4, -0.2) is 35.5 Å². The molecule has 1 aliphatic rings. The Kier molecular flexibility index (Phi) is 7.29. The van der Waals surface area contributed by atoms with E-state index in [4.69, 9.17) is 9.84 Å². The van der Waals surface area contributed by atoms with Gasteiger partial charge < -0.3 is 14.7 Å². The van der Waals surface area contributed by atoms with Gasteiger partial charge in [0.05, 0.1) is 0 Å². The average molecular weight is 347 g/mol. The lowest BCUT2D eigenvalue weighted by molar-refractivity contribution is -0.139. The topological polar surface area (TPSA) is 66.8 Å². The highest BCUT2D eigenvalue weighted by Crippen LogP contribution is 2.31. The summed E-state index contributed by atoms with van der Waals surface area (Å²) >= 11 is 0. The first-order valence-corrected chi connectivity index (χ1v) is 9.13. The van der Waals surface area contributed by atoms with Gasteiger partial charge in [-0.15, -0.1) is 0 Å². The smallest absolute Gasteiger partial charge is 0.341 e. The van der Waals surface area contributed by atoms with E-state index in [2.05, 4.69) is 6.92 Å². The zero-order valence-corrected chi connectivity index (χ0v) is 15.2. The molecule has 1 fully saturated rings. The summed E-state index contributed by atoms with van der Waals surface area (Å²) in [5.41, 5.74) is 1.00. The standard InChI is InChI=1S/C20H29NO4/c1-15(17-6-4-3-5-7-17)12-19(22)21(2)13-16-8-10-18(11-9-16)25-14-20(23)24/h8-11,15,17H,3-7,12-14H2,1-2H3,(H,23,24). The van der Waals surface area contributed by atoms with Gasteiger partial charge in [-0.05, 0) is 29.5 Å². The Bertz CT molecular complexity index is 564. The van der Waals surface area contributed by atoms with Gasteiger partial charge >= 0.3 is 5.97 Å². The van der Waals surface area contributed by atoms with Gasteiger partial charge in [-0.1, -0.05) is 51.2 Å². The maximum absolute atomic E-state index is 12.5. The van der Waals surface area contributed by atoms with E-state index in [0.717, 1.165) is 5.56 Å². The molecule has 1 amide bonds. The van der Waals surface area contributed by atoms with Crippen molar-refractivity contribution in [3.8, 4) is 5.75 Å². The number of ether oxygens (including phenoxy) is 1. The molecule has 0 aromatic heterocycles. The van der Waals surface area contributed by atoms with Crippen LogP contribution in [0.4, 0.5) is 0 Å². The molecule has 0 radical (unpaired) electrons. The van der Waals surface area contributed by atoms with Crippen molar-refractivity contribution in [3.63, 3.8) is 0 Å². The Morgan fingerprint density at radius 2 is 1.84 bits per heavy atom. The average Bonchev–Trinajstić information content (AvgIpc) is 2.61. The molecule has 0 heterocycles. The molecule has 1 aliphatic carbocycles. The summed E-state index contributed by atoms with van der Waals surface area (Å²) in [7, 11) is 1.84. The lowest BCUT2D eigenvalue weighted by Gasteiger charge is -2.28. The normalized spacial score (nSPS) is 16.2. The first kappa shape index (κ1) is 19.3. The molecular formula is C20H29NO4. The van der Waals surface area contributed by atoms with Gasteiger partial charge in [0.2, 0.25) is 5.91 Å². The van der Waals surface area contributed by atoms with Crippen LogP contribution in [0.1, 0.15) is 51.0 Å². The molecular weight excluding hydrogens is 318 g/mol. The van der Waals surface area contributed by atoms with E-state index >= 15 is 0 Å². The van der Waals surface area contributed by atoms with Gasteiger partial charge in [0, 0.05) is 20.0 Å². The number of carbonyl (C=O) groups excluding carboxylic acids is 1. The molecule has 1 saturated carbocycles. The summed E-state index contributed by atoms with van der Waals surface area (Å²) in [6, 6.07) is 7.21. The predicted octanol–water partition coefficient (Wildman–Crippen LogP) is 3.71. The van der Waals surface area contributed by atoms with Crippen LogP contribution in [0.5, 0.6) is 5.75 Å². The first-order chi connectivity index (χ1) is 12.0. The third-order valence-electron chi connectivity index (χ3n) is 5.08. The summed E-state index contributed by atoms with van der Waals surface area (Å²) < 4.78 is 5.11. The summed E-state index contributed by atoms with van der Waals surface area (Å²) in [5, 5.41) is 8.61. The van der Waals surface area contributed by atoms with E-state index in [-0.39, 0.29) is 12.5 Å². The van der Waals surface area contributed by atoms with Crippen LogP contribution in [0.3, 0.4) is 0 Å². The fourth-order valence-electron chi connectivity index (χ4n) is 3.50. The van der Waals surface area contributed by atoms with E-state index in [1.165, 1.54) is 32.1 Å². The van der Waals surface area contributed by atoms with Gasteiger partial charge in [-0.2, -0.15) is 0 Å². The summed E-state index contributed by atoms with van der Waals surface area (Å²) in [4.78, 5) is 24.7. The monoisotopic (exact) mass is 347 g/mol. The van der Waals surface area contributed by atoms with Crippen molar-refractivity contribution in [1.82, 2.24) is 4.90 Å². The van der Waals surface area contributed by atoms with Gasteiger partial charge in [0.25, 0.3) is 0 Å². The molecule has 0 saturated heterocycles. The Labute approximate surface area is 150 Å². The lowest BCUT2D eigenvalue weighted by Crippen LogP contribution is -2.29. The predicted molar refractivity (Wildman–Crippen MR) is 96.4 cm³/mol. The van der Waals surface area contributed by atoms with Crippen molar-refractivity contribution in [2.75, 3.05) is 13.7 Å². The molecule has 1 aromatic carbocycles. The molecule has 1 atom stereocenters. The summed E-state index contributed by atoms with van der Waals surface area (Å²) in [6.07, 6.45) is 7.07. The third-order valence-corrected chi connectivity index (χ3v) is 5.08. The number of carboxylic acid groups (broad SMARTS) is 1. The Balaban J connectivity index is 1.80. The molecule has 25 heavy (non-hydrogen) atoms. The lowest BCUT2D eigenvalue weighted by atomic mass is 9.79. The Hall–Kier alpha value is -2.04. The fourth-order valence-corrected chi connectivity index (χ4v) is 3.50. The van der Waals surface area contributed by atoms with E-state index in [0.29, 0.717) is 30.6 Å². The number of carbonyl (C=O) groups is 2. The second kappa shape index (κ2) is 9.44. The summed E-state index contributed by atoms with van der Waals surface area (Å²) in [6.45, 7) is 2.41. The maximum Gasteiger partial charge on any atom is 0.341 e. The molecule has 2 rings (SSSR count). The zero-order chi connectivity index (χ0) is 18.2. The van der Waals surface area contributed by atoms with Crippen LogP contribution in [-0.2, 0) is 16.1 Å². The molecule has 5 nitrogen and oxygen atoms in total. The number of benzene rings is 1. The minimum absolute atomic E-state index is 0.185. The molecule has 0 aliphatic heterocycles. The summed E-state index contributed by atoms with van der Waals surface area (Å²) in [5.74, 6) is 0.843. The van der Waals surface area contributed by atoms with Crippen LogP contribution in [0.2, 0.25) is 0 Å². The molecule has 0 spiro atoms. The van der Waals surface area contributed by atoms with E-state index < -0.39 is 5.97 Å². The van der Waals surface area contributed by atoms with Crippen molar-refractivity contribution in [3.05, 3.63) is 29.8 Å². The maximum atomic E-state index is 12.5. The SMILES string of the molecule is CC(CC(=O)N(C)Cc1ccc(OCC(=O)O)cc1)C1CCCCC1. The second-order valence-corrected chi connectivity index (χ2v) is 7.16. The van der Waals surface area contributed by atoms with E-state index in [1.807, 2.05) is 19.2 Å². The molecule has 1 aromatic rings. The van der Waals surface area contributed by atoms with Gasteiger partial charge in [0.1, 0.15) is 5.75 Å². The van der Waals surface area contributed by atoms with Crippen LogP contribution >= 0.6 is 0 Å². The van der Waals surface area contributed by atoms with E-state index in [1.54, 1.807) is 17.0 Å². The quantitative estimate of drug-likeness (QED) is 0.778. The number of carboxylic acids is 1. The molecule has 1 unspecified atom stereocenters. The van der Waals surface area contributed by atoms with Gasteiger partial charge in [0.15, 0.2) is 6.61 Å². The number of aliphatic carboxylic acids is 1. The van der Waals surface area contributed by atoms with Gasteiger partial charge in [-0.3, -0.25) is 4.79 Å². The number of hydrogen-bond donors (Lipinski definition) is 1. The molecule has 5 heteroatoms. The fraction of sp³-hybridized carbons (Fsp3) is 0.600. The van der Waals surface area contributed by atoms with Crippen molar-refractivity contribution < 1.29 is 19.4 Å². The highest BCUT2D eigenvalue weighted by atomic mass is 16.5. The van der Waals surface area contributed by atoms with E-state index in [9.17, 15) is 9.59 Å². The minimum Gasteiger partial charge on any atom is -0.482 e. The molecule has 0 bridgehead atoms. The highest BCUT2D eigenvalue weighted by molar-refractivity contribution is 5.76. The highest BCUT2D eigenvalue weighted by Gasteiger charge is 2.23. The van der Waals surface area contributed by atoms with Crippen LogP contribution < -0.4 is 4.74 Å². The van der Waals surface area contributed by atoms with Crippen LogP contribution in [0.15, 0.2) is 24.3 Å². The van der Waals surface area contributed by atoms with Crippen LogP contribution in [0.25, 0.3) is 0 Å². The zero-order valence-electron chi connectivity index (χ0n) is 15.2. The number of nitrogens with zero attached hydrogens (tertiary/aromatic N) is 1.